The van der Waals surface area contributed by atoms with Crippen molar-refractivity contribution in [3.63, 3.8) is 0 Å². The molecular weight excluding hydrogens is 212 g/mol. The van der Waals surface area contributed by atoms with E-state index in [0.29, 0.717) is 29.5 Å². The molecular formula is C14H18N2O. The number of hydrogen-bond donors (Lipinski definition) is 1. The molecule has 1 aliphatic carbocycles. The molecule has 0 unspecified atom stereocenters. The van der Waals surface area contributed by atoms with Crippen molar-refractivity contribution in [3.05, 3.63) is 23.8 Å². The highest BCUT2D eigenvalue weighted by molar-refractivity contribution is 5.60. The quantitative estimate of drug-likeness (QED) is 0.812. The molecule has 2 rings (SSSR count). The van der Waals surface area contributed by atoms with Crippen molar-refractivity contribution >= 4 is 5.69 Å². The number of hydrogen-bond acceptors (Lipinski definition) is 3. The van der Waals surface area contributed by atoms with Crippen LogP contribution in [0.2, 0.25) is 0 Å². The van der Waals surface area contributed by atoms with Crippen LogP contribution in [0.4, 0.5) is 5.69 Å². The molecule has 2 N–H and O–H groups in total. The molecule has 0 amide bonds. The number of nitriles is 1. The summed E-state index contributed by atoms with van der Waals surface area (Å²) in [6.45, 7) is 0.706. The van der Waals surface area contributed by atoms with Crippen LogP contribution in [0.3, 0.4) is 0 Å². The first-order valence-electron chi connectivity index (χ1n) is 6.22. The lowest BCUT2D eigenvalue weighted by Gasteiger charge is -2.22. The van der Waals surface area contributed by atoms with Crippen molar-refractivity contribution in [2.24, 2.45) is 5.92 Å². The Kier molecular flexibility index (Phi) is 3.87. The zero-order valence-electron chi connectivity index (χ0n) is 9.98. The number of rotatable bonds is 3. The minimum atomic E-state index is 0.461. The van der Waals surface area contributed by atoms with Crippen LogP contribution in [-0.4, -0.2) is 6.61 Å². The molecule has 0 heterocycles. The minimum Gasteiger partial charge on any atom is -0.492 e. The van der Waals surface area contributed by atoms with Gasteiger partial charge in [0.05, 0.1) is 12.3 Å². The molecule has 0 atom stereocenters. The van der Waals surface area contributed by atoms with Crippen molar-refractivity contribution in [1.82, 2.24) is 0 Å². The Morgan fingerprint density at radius 2 is 2.06 bits per heavy atom. The fourth-order valence-corrected chi connectivity index (χ4v) is 2.35. The first kappa shape index (κ1) is 11.8. The summed E-state index contributed by atoms with van der Waals surface area (Å²) in [4.78, 5) is 0. The van der Waals surface area contributed by atoms with Crippen LogP contribution in [0, 0.1) is 17.2 Å². The SMILES string of the molecule is N#Cc1c(N)cccc1OCC1CCCCC1. The summed E-state index contributed by atoms with van der Waals surface area (Å²) < 4.78 is 5.75. The fraction of sp³-hybridized carbons (Fsp3) is 0.500. The molecule has 0 spiro atoms. The summed E-state index contributed by atoms with van der Waals surface area (Å²) in [5.41, 5.74) is 6.69. The predicted molar refractivity (Wildman–Crippen MR) is 67.6 cm³/mol. The molecule has 0 radical (unpaired) electrons. The van der Waals surface area contributed by atoms with Gasteiger partial charge in [0.2, 0.25) is 0 Å². The number of anilines is 1. The molecule has 17 heavy (non-hydrogen) atoms. The molecule has 1 aliphatic rings. The first-order valence-corrected chi connectivity index (χ1v) is 6.22. The molecule has 0 bridgehead atoms. The van der Waals surface area contributed by atoms with Crippen LogP contribution in [0.15, 0.2) is 18.2 Å². The van der Waals surface area contributed by atoms with E-state index in [-0.39, 0.29) is 0 Å². The second-order valence-electron chi connectivity index (χ2n) is 4.65. The topological polar surface area (TPSA) is 59.0 Å². The van der Waals surface area contributed by atoms with E-state index in [0.717, 1.165) is 0 Å². The second-order valence-corrected chi connectivity index (χ2v) is 4.65. The van der Waals surface area contributed by atoms with Crippen molar-refractivity contribution in [1.29, 1.82) is 5.26 Å². The highest BCUT2D eigenvalue weighted by Gasteiger charge is 2.15. The van der Waals surface area contributed by atoms with E-state index in [1.165, 1.54) is 32.1 Å². The molecule has 0 aromatic heterocycles. The van der Waals surface area contributed by atoms with Crippen molar-refractivity contribution in [3.8, 4) is 11.8 Å². The van der Waals surface area contributed by atoms with Crippen LogP contribution in [0.5, 0.6) is 5.75 Å². The second kappa shape index (κ2) is 5.58. The number of benzene rings is 1. The molecule has 1 saturated carbocycles. The number of nitrogens with two attached hydrogens (primary N) is 1. The third kappa shape index (κ3) is 2.91. The highest BCUT2D eigenvalue weighted by atomic mass is 16.5. The smallest absolute Gasteiger partial charge is 0.139 e. The van der Waals surface area contributed by atoms with E-state index >= 15 is 0 Å². The van der Waals surface area contributed by atoms with Crippen LogP contribution in [-0.2, 0) is 0 Å². The lowest BCUT2D eigenvalue weighted by atomic mass is 9.90. The Morgan fingerprint density at radius 3 is 2.76 bits per heavy atom. The van der Waals surface area contributed by atoms with Gasteiger partial charge in [-0.15, -0.1) is 0 Å². The van der Waals surface area contributed by atoms with Crippen molar-refractivity contribution in [2.75, 3.05) is 12.3 Å². The van der Waals surface area contributed by atoms with E-state index in [1.54, 1.807) is 6.07 Å². The van der Waals surface area contributed by atoms with E-state index in [4.69, 9.17) is 15.7 Å². The number of ether oxygens (including phenoxy) is 1. The van der Waals surface area contributed by atoms with Gasteiger partial charge in [-0.3, -0.25) is 0 Å². The van der Waals surface area contributed by atoms with Gasteiger partial charge in [-0.25, -0.2) is 0 Å². The zero-order valence-corrected chi connectivity index (χ0v) is 9.98. The predicted octanol–water partition coefficient (Wildman–Crippen LogP) is 3.10. The Bertz CT molecular complexity index is 417. The normalized spacial score (nSPS) is 16.4. The van der Waals surface area contributed by atoms with Gasteiger partial charge in [-0.05, 0) is 30.9 Å². The monoisotopic (exact) mass is 230 g/mol. The van der Waals surface area contributed by atoms with Gasteiger partial charge in [0, 0.05) is 0 Å². The standard InChI is InChI=1S/C14H18N2O/c15-9-12-13(16)7-4-8-14(12)17-10-11-5-2-1-3-6-11/h4,7-8,11H,1-3,5-6,10,16H2. The van der Waals surface area contributed by atoms with Gasteiger partial charge in [-0.2, -0.15) is 5.26 Å². The van der Waals surface area contributed by atoms with E-state index in [1.807, 2.05) is 12.1 Å². The fourth-order valence-electron chi connectivity index (χ4n) is 2.35. The number of nitrogens with zero attached hydrogens (tertiary/aromatic N) is 1. The van der Waals surface area contributed by atoms with Gasteiger partial charge < -0.3 is 10.5 Å². The molecule has 0 saturated heterocycles. The first-order chi connectivity index (χ1) is 8.31. The molecule has 3 nitrogen and oxygen atoms in total. The molecule has 3 heteroatoms. The zero-order chi connectivity index (χ0) is 12.1. The summed E-state index contributed by atoms with van der Waals surface area (Å²) in [6, 6.07) is 7.47. The Labute approximate surface area is 102 Å². The van der Waals surface area contributed by atoms with Crippen molar-refractivity contribution in [2.45, 2.75) is 32.1 Å². The Balaban J connectivity index is 1.99. The molecule has 1 aromatic carbocycles. The third-order valence-electron chi connectivity index (χ3n) is 3.37. The van der Waals surface area contributed by atoms with Crippen LogP contribution >= 0.6 is 0 Å². The Hall–Kier alpha value is -1.69. The summed E-state index contributed by atoms with van der Waals surface area (Å²) in [5.74, 6) is 1.26. The highest BCUT2D eigenvalue weighted by Crippen LogP contribution is 2.27. The van der Waals surface area contributed by atoms with Crippen LogP contribution in [0.25, 0.3) is 0 Å². The maximum Gasteiger partial charge on any atom is 0.139 e. The van der Waals surface area contributed by atoms with Gasteiger partial charge >= 0.3 is 0 Å². The summed E-state index contributed by atoms with van der Waals surface area (Å²) >= 11 is 0. The largest absolute Gasteiger partial charge is 0.492 e. The van der Waals surface area contributed by atoms with Gasteiger partial charge in [-0.1, -0.05) is 25.3 Å². The van der Waals surface area contributed by atoms with Gasteiger partial charge in [0.1, 0.15) is 17.4 Å². The molecule has 90 valence electrons. The maximum absolute atomic E-state index is 9.03. The third-order valence-corrected chi connectivity index (χ3v) is 3.37. The van der Waals surface area contributed by atoms with E-state index in [2.05, 4.69) is 6.07 Å². The summed E-state index contributed by atoms with van der Waals surface area (Å²) in [7, 11) is 0. The van der Waals surface area contributed by atoms with Gasteiger partial charge in [0.15, 0.2) is 0 Å². The van der Waals surface area contributed by atoms with Crippen LogP contribution < -0.4 is 10.5 Å². The van der Waals surface area contributed by atoms with Gasteiger partial charge in [0.25, 0.3) is 0 Å². The lowest BCUT2D eigenvalue weighted by Crippen LogP contribution is -2.15. The molecule has 1 aromatic rings. The summed E-state index contributed by atoms with van der Waals surface area (Å²) in [6.07, 6.45) is 6.43. The molecule has 0 aliphatic heterocycles. The Morgan fingerprint density at radius 1 is 1.29 bits per heavy atom. The average Bonchev–Trinajstić information content (AvgIpc) is 2.37. The van der Waals surface area contributed by atoms with E-state index < -0.39 is 0 Å². The van der Waals surface area contributed by atoms with E-state index in [9.17, 15) is 0 Å². The number of nitrogen functional groups attached to an aromatic ring is 1. The van der Waals surface area contributed by atoms with Crippen molar-refractivity contribution < 1.29 is 4.74 Å². The lowest BCUT2D eigenvalue weighted by molar-refractivity contribution is 0.208. The average molecular weight is 230 g/mol. The maximum atomic E-state index is 9.03. The summed E-state index contributed by atoms with van der Waals surface area (Å²) in [5, 5.41) is 9.03. The van der Waals surface area contributed by atoms with Crippen LogP contribution in [0.1, 0.15) is 37.7 Å². The molecule has 1 fully saturated rings. The minimum absolute atomic E-state index is 0.461.